The van der Waals surface area contributed by atoms with Crippen molar-refractivity contribution in [3.05, 3.63) is 119 Å². The molecule has 2 amide bonds. The van der Waals surface area contributed by atoms with Crippen LogP contribution in [0.3, 0.4) is 0 Å². The number of carbonyl (C=O) groups excluding carboxylic acids is 2. The van der Waals surface area contributed by atoms with E-state index in [9.17, 15) is 18.0 Å². The minimum atomic E-state index is -4.25. The van der Waals surface area contributed by atoms with Crippen molar-refractivity contribution in [3.8, 4) is 11.5 Å². The number of sulfonamides is 1. The number of carbonyl (C=O) groups is 2. The van der Waals surface area contributed by atoms with Crippen LogP contribution in [0.1, 0.15) is 36.8 Å². The van der Waals surface area contributed by atoms with Gasteiger partial charge in [-0.05, 0) is 54.3 Å². The van der Waals surface area contributed by atoms with E-state index in [2.05, 4.69) is 5.32 Å². The van der Waals surface area contributed by atoms with E-state index in [1.165, 1.54) is 17.0 Å². The molecule has 0 saturated heterocycles. The minimum absolute atomic E-state index is 0.00550. The van der Waals surface area contributed by atoms with E-state index in [4.69, 9.17) is 21.1 Å². The predicted molar refractivity (Wildman–Crippen MR) is 185 cm³/mol. The number of anilines is 1. The molecule has 4 aromatic rings. The highest BCUT2D eigenvalue weighted by molar-refractivity contribution is 7.92. The molecule has 11 heteroatoms. The lowest BCUT2D eigenvalue weighted by molar-refractivity contribution is -0.140. The highest BCUT2D eigenvalue weighted by Crippen LogP contribution is 2.36. The number of nitrogens with zero attached hydrogens (tertiary/aromatic N) is 2. The van der Waals surface area contributed by atoms with Gasteiger partial charge >= 0.3 is 0 Å². The van der Waals surface area contributed by atoms with Crippen LogP contribution >= 0.6 is 11.6 Å². The Morgan fingerprint density at radius 2 is 1.48 bits per heavy atom. The highest BCUT2D eigenvalue weighted by atomic mass is 35.5. The molecule has 1 N–H and O–H groups in total. The average molecular weight is 688 g/mol. The number of fused-ring (bicyclic) bond motifs is 1. The minimum Gasteiger partial charge on any atom is -0.486 e. The first-order valence-corrected chi connectivity index (χ1v) is 18.0. The fourth-order valence-electron chi connectivity index (χ4n) is 6.17. The molecule has 1 fully saturated rings. The van der Waals surface area contributed by atoms with Gasteiger partial charge in [0.05, 0.1) is 10.6 Å². The van der Waals surface area contributed by atoms with E-state index in [0.717, 1.165) is 35.6 Å². The highest BCUT2D eigenvalue weighted by Gasteiger charge is 2.36. The van der Waals surface area contributed by atoms with Gasteiger partial charge in [-0.2, -0.15) is 0 Å². The van der Waals surface area contributed by atoms with Crippen LogP contribution in [0.2, 0.25) is 5.02 Å². The third-order valence-electron chi connectivity index (χ3n) is 8.69. The van der Waals surface area contributed by atoms with E-state index in [1.807, 2.05) is 36.4 Å². The second-order valence-corrected chi connectivity index (χ2v) is 14.2. The summed E-state index contributed by atoms with van der Waals surface area (Å²) in [6, 6.07) is 28.4. The summed E-state index contributed by atoms with van der Waals surface area (Å²) in [4.78, 5) is 30.4. The molecule has 6 rings (SSSR count). The van der Waals surface area contributed by atoms with Crippen LogP contribution in [0.15, 0.2) is 108 Å². The molecule has 4 aromatic carbocycles. The van der Waals surface area contributed by atoms with Crippen LogP contribution in [0.4, 0.5) is 5.69 Å². The van der Waals surface area contributed by atoms with Crippen LogP contribution in [0.25, 0.3) is 0 Å². The summed E-state index contributed by atoms with van der Waals surface area (Å²) >= 11 is 6.61. The largest absolute Gasteiger partial charge is 0.486 e. The zero-order valence-electron chi connectivity index (χ0n) is 26.5. The van der Waals surface area contributed by atoms with Crippen molar-refractivity contribution in [1.29, 1.82) is 0 Å². The van der Waals surface area contributed by atoms with Crippen LogP contribution in [-0.4, -0.2) is 57.0 Å². The third kappa shape index (κ3) is 7.77. The van der Waals surface area contributed by atoms with Crippen LogP contribution in [0, 0.1) is 0 Å². The van der Waals surface area contributed by atoms with Crippen molar-refractivity contribution in [2.24, 2.45) is 0 Å². The average Bonchev–Trinajstić information content (AvgIpc) is 3.63. The summed E-state index contributed by atoms with van der Waals surface area (Å²) in [6.07, 6.45) is 4.02. The van der Waals surface area contributed by atoms with Gasteiger partial charge in [0.1, 0.15) is 25.8 Å². The topological polar surface area (TPSA) is 105 Å². The molecular weight excluding hydrogens is 650 g/mol. The zero-order valence-corrected chi connectivity index (χ0v) is 28.0. The second kappa shape index (κ2) is 15.1. The lowest BCUT2D eigenvalue weighted by Crippen LogP contribution is -2.54. The van der Waals surface area contributed by atoms with Crippen molar-refractivity contribution in [3.63, 3.8) is 0 Å². The molecule has 2 aliphatic rings. The summed E-state index contributed by atoms with van der Waals surface area (Å²) in [6.45, 7) is 0.0983. The summed E-state index contributed by atoms with van der Waals surface area (Å²) in [7, 11) is -4.25. The normalized spacial score (nSPS) is 15.0. The van der Waals surface area contributed by atoms with Gasteiger partial charge in [0.25, 0.3) is 10.0 Å². The van der Waals surface area contributed by atoms with Crippen LogP contribution in [0.5, 0.6) is 11.5 Å². The van der Waals surface area contributed by atoms with Gasteiger partial charge in [-0.3, -0.25) is 13.9 Å². The molecule has 1 saturated carbocycles. The molecule has 250 valence electrons. The second-order valence-electron chi connectivity index (χ2n) is 12.0. The van der Waals surface area contributed by atoms with E-state index in [0.29, 0.717) is 35.3 Å². The smallest absolute Gasteiger partial charge is 0.264 e. The predicted octanol–water partition coefficient (Wildman–Crippen LogP) is 6.01. The number of hydrogen-bond donors (Lipinski definition) is 1. The lowest BCUT2D eigenvalue weighted by atomic mass is 10.0. The molecule has 0 bridgehead atoms. The molecule has 1 heterocycles. The van der Waals surface area contributed by atoms with Crippen LogP contribution < -0.4 is 19.1 Å². The number of halogens is 1. The van der Waals surface area contributed by atoms with Crippen molar-refractivity contribution in [2.75, 3.05) is 24.1 Å². The summed E-state index contributed by atoms with van der Waals surface area (Å²) < 4.78 is 41.1. The van der Waals surface area contributed by atoms with Gasteiger partial charge in [-0.15, -0.1) is 0 Å². The van der Waals surface area contributed by atoms with Gasteiger partial charge in [0, 0.05) is 30.1 Å². The Kier molecular flexibility index (Phi) is 10.5. The molecule has 0 unspecified atom stereocenters. The number of ether oxygens (including phenoxy) is 2. The number of rotatable bonds is 12. The van der Waals surface area contributed by atoms with E-state index < -0.39 is 28.5 Å². The lowest BCUT2D eigenvalue weighted by Gasteiger charge is -2.34. The maximum Gasteiger partial charge on any atom is 0.264 e. The number of nitrogens with one attached hydrogen (secondary N) is 1. The van der Waals surface area contributed by atoms with Crippen molar-refractivity contribution in [1.82, 2.24) is 10.2 Å². The van der Waals surface area contributed by atoms with Gasteiger partial charge in [0.2, 0.25) is 11.8 Å². The molecule has 48 heavy (non-hydrogen) atoms. The maximum atomic E-state index is 14.7. The van der Waals surface area contributed by atoms with Gasteiger partial charge in [-0.1, -0.05) is 91.2 Å². The molecule has 1 aliphatic carbocycles. The van der Waals surface area contributed by atoms with Crippen molar-refractivity contribution in [2.45, 2.75) is 55.6 Å². The van der Waals surface area contributed by atoms with E-state index in [1.54, 1.807) is 54.6 Å². The third-order valence-corrected chi connectivity index (χ3v) is 10.9. The first-order valence-electron chi connectivity index (χ1n) is 16.1. The van der Waals surface area contributed by atoms with Crippen molar-refractivity contribution >= 4 is 39.1 Å². The first-order chi connectivity index (χ1) is 23.3. The van der Waals surface area contributed by atoms with Gasteiger partial charge < -0.3 is 19.7 Å². The molecular formula is C37H38ClN3O6S. The van der Waals surface area contributed by atoms with E-state index >= 15 is 0 Å². The Morgan fingerprint density at radius 1 is 0.833 bits per heavy atom. The monoisotopic (exact) mass is 687 g/mol. The first kappa shape index (κ1) is 33.4. The Hall–Kier alpha value is -4.54. The summed E-state index contributed by atoms with van der Waals surface area (Å²) in [5, 5.41) is 3.62. The van der Waals surface area contributed by atoms with E-state index in [-0.39, 0.29) is 35.5 Å². The summed E-state index contributed by atoms with van der Waals surface area (Å²) in [5.74, 6) is 0.0142. The SMILES string of the molecule is O=C(NC1CCCC1)[C@@H](Cc1ccccc1)N(Cc1ccccc1Cl)C(=O)CN(c1ccc2c(c1)OCCO2)S(=O)(=O)c1ccccc1. The Labute approximate surface area is 286 Å². The molecule has 1 aliphatic heterocycles. The molecule has 0 aromatic heterocycles. The Bertz CT molecular complexity index is 1830. The molecule has 1 atom stereocenters. The fourth-order valence-corrected chi connectivity index (χ4v) is 7.79. The zero-order chi connectivity index (χ0) is 33.5. The number of hydrogen-bond acceptors (Lipinski definition) is 6. The summed E-state index contributed by atoms with van der Waals surface area (Å²) in [5.41, 5.74) is 1.72. The maximum absolute atomic E-state index is 14.7. The fraction of sp³-hybridized carbons (Fsp3) is 0.297. The Morgan fingerprint density at radius 3 is 2.19 bits per heavy atom. The number of amides is 2. The molecule has 0 radical (unpaired) electrons. The standard InChI is InChI=1S/C37H38ClN3O6S/c38-32-18-10-7-13-28(32)25-40(33(23-27-11-3-1-4-12-27)37(43)39-29-14-8-9-15-29)36(42)26-41(48(44,45)31-16-5-2-6-17-31)30-19-20-34-35(24-30)47-22-21-46-34/h1-7,10-13,16-20,24,29,33H,8-9,14-15,21-23,25-26H2,(H,39,43)/t33-/m1/s1. The number of benzene rings is 4. The van der Waals surface area contributed by atoms with Gasteiger partial charge in [-0.25, -0.2) is 8.42 Å². The Balaban J connectivity index is 1.41. The molecule has 0 spiro atoms. The quantitative estimate of drug-likeness (QED) is 0.196. The van der Waals surface area contributed by atoms with Crippen molar-refractivity contribution < 1.29 is 27.5 Å². The molecule has 9 nitrogen and oxygen atoms in total. The van der Waals surface area contributed by atoms with Crippen LogP contribution in [-0.2, 0) is 32.6 Å². The van der Waals surface area contributed by atoms with Gasteiger partial charge in [0.15, 0.2) is 11.5 Å².